The van der Waals surface area contributed by atoms with Gasteiger partial charge in [0.15, 0.2) is 10.9 Å². The molecular formula is C24H28ClN5OS2. The van der Waals surface area contributed by atoms with E-state index in [4.69, 9.17) is 16.6 Å². The van der Waals surface area contributed by atoms with Gasteiger partial charge in [0.05, 0.1) is 21.9 Å². The van der Waals surface area contributed by atoms with E-state index in [1.54, 1.807) is 11.3 Å². The van der Waals surface area contributed by atoms with Gasteiger partial charge >= 0.3 is 0 Å². The van der Waals surface area contributed by atoms with Crippen LogP contribution in [0.15, 0.2) is 41.0 Å². The molecular weight excluding hydrogens is 474 g/mol. The van der Waals surface area contributed by atoms with E-state index in [2.05, 4.69) is 58.4 Å². The first kappa shape index (κ1) is 24.0. The number of thioether (sulfide) groups is 1. The molecule has 9 heteroatoms. The number of anilines is 1. The average molecular weight is 502 g/mol. The Morgan fingerprint density at radius 1 is 1.18 bits per heavy atom. The van der Waals surface area contributed by atoms with Gasteiger partial charge in [0.25, 0.3) is 5.91 Å². The second kappa shape index (κ2) is 10.8. The van der Waals surface area contributed by atoms with Crippen molar-refractivity contribution in [2.45, 2.75) is 37.8 Å². The topological polar surface area (TPSA) is 62.2 Å². The second-order valence-electron chi connectivity index (χ2n) is 7.91. The fraction of sp³-hybridized carbons (Fsp3) is 0.417. The first-order chi connectivity index (χ1) is 16.0. The Morgan fingerprint density at radius 2 is 1.88 bits per heavy atom. The number of aromatic nitrogens is 3. The van der Waals surface area contributed by atoms with Gasteiger partial charge in [0.1, 0.15) is 0 Å². The number of halogens is 1. The molecule has 0 saturated carbocycles. The summed E-state index contributed by atoms with van der Waals surface area (Å²) in [5, 5.41) is 4.15. The summed E-state index contributed by atoms with van der Waals surface area (Å²) in [4.78, 5) is 30.5. The molecule has 0 atom stereocenters. The molecule has 1 amide bonds. The molecule has 6 nitrogen and oxygen atoms in total. The molecule has 1 fully saturated rings. The number of likely N-dealkylation sites (tertiary alicyclic amines) is 1. The molecule has 3 heterocycles. The number of carbonyl (C=O) groups is 1. The highest BCUT2D eigenvalue weighted by molar-refractivity contribution is 7.98. The number of thiazole rings is 1. The first-order valence-corrected chi connectivity index (χ1v) is 13.7. The zero-order valence-electron chi connectivity index (χ0n) is 19.1. The van der Waals surface area contributed by atoms with E-state index >= 15 is 0 Å². The number of piperidine rings is 1. The number of carbonyl (C=O) groups excluding carboxylic acids is 1. The maximum Gasteiger partial charge on any atom is 0.274 e. The van der Waals surface area contributed by atoms with E-state index in [0.717, 1.165) is 42.2 Å². The van der Waals surface area contributed by atoms with Crippen molar-refractivity contribution < 1.29 is 4.79 Å². The minimum atomic E-state index is -0.121. The molecule has 1 saturated heterocycles. The van der Waals surface area contributed by atoms with Crippen LogP contribution < -0.4 is 4.90 Å². The van der Waals surface area contributed by atoms with E-state index in [1.165, 1.54) is 23.6 Å². The van der Waals surface area contributed by atoms with Crippen LogP contribution in [0, 0.1) is 0 Å². The van der Waals surface area contributed by atoms with Crippen LogP contribution in [-0.4, -0.2) is 58.2 Å². The Labute approximate surface area is 208 Å². The number of hydrogen-bond donors (Lipinski definition) is 0. The van der Waals surface area contributed by atoms with Crippen molar-refractivity contribution in [2.24, 2.45) is 0 Å². The van der Waals surface area contributed by atoms with E-state index in [9.17, 15) is 4.79 Å². The van der Waals surface area contributed by atoms with Crippen LogP contribution in [0.2, 0.25) is 5.02 Å². The van der Waals surface area contributed by atoms with Crippen molar-refractivity contribution >= 4 is 46.3 Å². The molecule has 174 valence electrons. The number of amides is 1. The van der Waals surface area contributed by atoms with Crippen molar-refractivity contribution in [2.75, 3.05) is 37.3 Å². The summed E-state index contributed by atoms with van der Waals surface area (Å²) in [6.45, 7) is 7.69. The summed E-state index contributed by atoms with van der Waals surface area (Å²) >= 11 is 9.32. The lowest BCUT2D eigenvalue weighted by molar-refractivity contribution is 0.0706. The largest absolute Gasteiger partial charge is 0.372 e. The van der Waals surface area contributed by atoms with E-state index in [1.807, 2.05) is 11.2 Å². The van der Waals surface area contributed by atoms with Crippen molar-refractivity contribution in [1.82, 2.24) is 19.9 Å². The monoisotopic (exact) mass is 501 g/mol. The Kier molecular flexibility index (Phi) is 7.88. The maximum atomic E-state index is 13.0. The Hall–Kier alpha value is -2.16. The van der Waals surface area contributed by atoms with Gasteiger partial charge < -0.3 is 9.80 Å². The van der Waals surface area contributed by atoms with Gasteiger partial charge in [-0.25, -0.2) is 15.0 Å². The van der Waals surface area contributed by atoms with Crippen LogP contribution in [0.1, 0.15) is 48.1 Å². The summed E-state index contributed by atoms with van der Waals surface area (Å²) in [6, 6.07) is 8.66. The van der Waals surface area contributed by atoms with Gasteiger partial charge in [-0.3, -0.25) is 4.79 Å². The second-order valence-corrected chi connectivity index (χ2v) is 9.98. The standard InChI is InChI=1S/C24H28ClN5OS2/c1-4-29(5-2)18-8-6-16(7-9-18)20-15-33-22(27-20)17-10-12-30(13-11-17)23(31)21-19(25)14-26-24(28-21)32-3/h6-9,14-15,17H,4-5,10-13H2,1-3H3. The lowest BCUT2D eigenvalue weighted by Gasteiger charge is -2.31. The van der Waals surface area contributed by atoms with Crippen LogP contribution in [0.25, 0.3) is 11.3 Å². The number of rotatable bonds is 7. The smallest absolute Gasteiger partial charge is 0.274 e. The van der Waals surface area contributed by atoms with Crippen LogP contribution in [-0.2, 0) is 0 Å². The number of hydrogen-bond acceptors (Lipinski definition) is 7. The molecule has 1 aliphatic rings. The van der Waals surface area contributed by atoms with Gasteiger partial charge in [-0.15, -0.1) is 11.3 Å². The molecule has 1 aliphatic heterocycles. The lowest BCUT2D eigenvalue weighted by Crippen LogP contribution is -2.38. The fourth-order valence-electron chi connectivity index (χ4n) is 4.12. The van der Waals surface area contributed by atoms with Crippen LogP contribution in [0.5, 0.6) is 0 Å². The van der Waals surface area contributed by atoms with Crippen molar-refractivity contribution in [3.8, 4) is 11.3 Å². The van der Waals surface area contributed by atoms with Gasteiger partial charge in [0, 0.05) is 48.7 Å². The summed E-state index contributed by atoms with van der Waals surface area (Å²) in [6.07, 6.45) is 5.16. The third-order valence-corrected chi connectivity index (χ3v) is 7.90. The number of benzene rings is 1. The average Bonchev–Trinajstić information content (AvgIpc) is 3.36. The highest BCUT2D eigenvalue weighted by Gasteiger charge is 2.28. The Bertz CT molecular complexity index is 1090. The van der Waals surface area contributed by atoms with E-state index in [0.29, 0.717) is 34.9 Å². The van der Waals surface area contributed by atoms with Gasteiger partial charge in [0.2, 0.25) is 0 Å². The highest BCUT2D eigenvalue weighted by atomic mass is 35.5. The van der Waals surface area contributed by atoms with Crippen LogP contribution in [0.4, 0.5) is 5.69 Å². The van der Waals surface area contributed by atoms with E-state index in [-0.39, 0.29) is 5.91 Å². The SMILES string of the molecule is CCN(CC)c1ccc(-c2csc(C3CCN(C(=O)c4nc(SC)ncc4Cl)CC3)n2)cc1. The first-order valence-electron chi connectivity index (χ1n) is 11.2. The van der Waals surface area contributed by atoms with Crippen LogP contribution in [0.3, 0.4) is 0 Å². The Morgan fingerprint density at radius 3 is 2.52 bits per heavy atom. The molecule has 0 unspecified atom stereocenters. The molecule has 0 aliphatic carbocycles. The predicted molar refractivity (Wildman–Crippen MR) is 138 cm³/mol. The van der Waals surface area contributed by atoms with Crippen LogP contribution >= 0.6 is 34.7 Å². The summed E-state index contributed by atoms with van der Waals surface area (Å²) in [5.41, 5.74) is 3.70. The van der Waals surface area contributed by atoms with Crippen molar-refractivity contribution in [3.63, 3.8) is 0 Å². The zero-order chi connectivity index (χ0) is 23.4. The molecule has 0 spiro atoms. The number of nitrogens with zero attached hydrogens (tertiary/aromatic N) is 5. The molecule has 4 rings (SSSR count). The predicted octanol–water partition coefficient (Wildman–Crippen LogP) is 5.84. The summed E-state index contributed by atoms with van der Waals surface area (Å²) < 4.78 is 0. The summed E-state index contributed by atoms with van der Waals surface area (Å²) in [7, 11) is 0. The molecule has 1 aromatic carbocycles. The minimum absolute atomic E-state index is 0.121. The third kappa shape index (κ3) is 5.34. The highest BCUT2D eigenvalue weighted by Crippen LogP contribution is 2.34. The third-order valence-electron chi connectivity index (χ3n) is 6.05. The van der Waals surface area contributed by atoms with Gasteiger partial charge in [-0.05, 0) is 45.1 Å². The fourth-order valence-corrected chi connectivity index (χ4v) is 5.63. The van der Waals surface area contributed by atoms with Crippen molar-refractivity contribution in [1.29, 1.82) is 0 Å². The van der Waals surface area contributed by atoms with E-state index < -0.39 is 0 Å². The van der Waals surface area contributed by atoms with Gasteiger partial charge in [-0.2, -0.15) is 0 Å². The molecule has 2 aromatic heterocycles. The van der Waals surface area contributed by atoms with Crippen molar-refractivity contribution in [3.05, 3.63) is 51.6 Å². The van der Waals surface area contributed by atoms with Gasteiger partial charge in [-0.1, -0.05) is 35.5 Å². The minimum Gasteiger partial charge on any atom is -0.372 e. The molecule has 0 bridgehead atoms. The Balaban J connectivity index is 1.40. The molecule has 33 heavy (non-hydrogen) atoms. The molecule has 0 radical (unpaired) electrons. The maximum absolute atomic E-state index is 13.0. The summed E-state index contributed by atoms with van der Waals surface area (Å²) in [5.74, 6) is 0.245. The molecule has 3 aromatic rings. The lowest BCUT2D eigenvalue weighted by atomic mass is 9.97. The zero-order valence-corrected chi connectivity index (χ0v) is 21.5. The quantitative estimate of drug-likeness (QED) is 0.299. The molecule has 0 N–H and O–H groups in total. The normalized spacial score (nSPS) is 14.5.